The molecule has 1 N–H and O–H groups in total. The van der Waals surface area contributed by atoms with Crippen molar-refractivity contribution in [1.82, 2.24) is 20.1 Å². The predicted octanol–water partition coefficient (Wildman–Crippen LogP) is 5.98. The van der Waals surface area contributed by atoms with Gasteiger partial charge in [0.1, 0.15) is 6.10 Å². The fraction of sp³-hybridized carbons (Fsp3) is 0.500. The number of H-pyrrole nitrogens is 1. The van der Waals surface area contributed by atoms with Crippen molar-refractivity contribution in [2.75, 3.05) is 26.7 Å². The Hall–Kier alpha value is -3.94. The molecule has 44 heavy (non-hydrogen) atoms. The molecule has 1 saturated heterocycles. The lowest BCUT2D eigenvalue weighted by Crippen LogP contribution is -2.40. The van der Waals surface area contributed by atoms with Crippen LogP contribution < -0.4 is 14.2 Å². The van der Waals surface area contributed by atoms with E-state index in [-0.39, 0.29) is 53.1 Å². The number of rotatable bonds is 7. The van der Waals surface area contributed by atoms with Crippen LogP contribution >= 0.6 is 0 Å². The van der Waals surface area contributed by atoms with Gasteiger partial charge in [0.2, 0.25) is 5.88 Å². The second-order valence-corrected chi connectivity index (χ2v) is 11.4. The lowest BCUT2D eigenvalue weighted by molar-refractivity contribution is -0.286. The van der Waals surface area contributed by atoms with Crippen molar-refractivity contribution >= 4 is 5.97 Å². The summed E-state index contributed by atoms with van der Waals surface area (Å²) in [6.45, 7) is 3.45. The largest absolute Gasteiger partial charge is 0.586 e. The lowest BCUT2D eigenvalue weighted by atomic mass is 9.76. The first-order valence-corrected chi connectivity index (χ1v) is 14.4. The number of fused-ring (bicyclic) bond motifs is 2. The number of carbonyl (C=O) groups excluding carboxylic acids is 1. The number of nitrogens with zero attached hydrogens (tertiary/aromatic N) is 3. The Morgan fingerprint density at radius 3 is 2.66 bits per heavy atom. The Morgan fingerprint density at radius 1 is 1.18 bits per heavy atom. The monoisotopic (exact) mass is 622 g/mol. The number of alkyl halides is 5. The van der Waals surface area contributed by atoms with Gasteiger partial charge in [-0.3, -0.25) is 9.89 Å². The highest BCUT2D eigenvalue weighted by molar-refractivity contribution is 5.72. The molecule has 6 rings (SSSR count). The molecule has 4 heterocycles. The normalized spacial score (nSPS) is 22.3. The van der Waals surface area contributed by atoms with E-state index < -0.39 is 24.3 Å². The van der Waals surface area contributed by atoms with E-state index in [1.807, 2.05) is 0 Å². The van der Waals surface area contributed by atoms with Crippen LogP contribution in [0.3, 0.4) is 0 Å². The van der Waals surface area contributed by atoms with E-state index in [1.165, 1.54) is 25.4 Å². The van der Waals surface area contributed by atoms with E-state index >= 15 is 0 Å². The summed E-state index contributed by atoms with van der Waals surface area (Å²) in [5.74, 6) is -1.07. The van der Waals surface area contributed by atoms with Crippen LogP contribution in [0.15, 0.2) is 36.5 Å². The van der Waals surface area contributed by atoms with Gasteiger partial charge < -0.3 is 23.8 Å². The van der Waals surface area contributed by atoms with Gasteiger partial charge >= 0.3 is 18.4 Å². The quantitative estimate of drug-likeness (QED) is 0.254. The number of hydrogen-bond acceptors (Lipinski definition) is 8. The molecule has 0 amide bonds. The molecule has 1 aromatic carbocycles. The summed E-state index contributed by atoms with van der Waals surface area (Å²) in [5.41, 5.74) is 0.836. The number of esters is 1. The number of pyridine rings is 1. The number of benzene rings is 1. The van der Waals surface area contributed by atoms with Gasteiger partial charge in [-0.2, -0.15) is 18.3 Å². The molecule has 2 aromatic heterocycles. The van der Waals surface area contributed by atoms with Gasteiger partial charge in [0, 0.05) is 35.5 Å². The minimum Gasteiger partial charge on any atom is -0.470 e. The standard InChI is InChI=1S/C30H31F5N4O5/c1-16(18-5-6-23-24(14-18)44-30(34,35)43-23)42-27-21(4-3-9-36-27)19-12-20(15-39-10-7-17(8-11-39)28(40)41-2)25-22(13-19)26(38-37-25)29(31,32)33/h3-6,9,14,16-17,19-20H,7-8,10-13,15H2,1-2H3,(H,37,38)/t16-,19?,20?/m0/s1. The molecule has 1 aliphatic carbocycles. The average molecular weight is 623 g/mol. The second kappa shape index (κ2) is 11.5. The van der Waals surface area contributed by atoms with Gasteiger partial charge in [-0.1, -0.05) is 12.1 Å². The third-order valence-electron chi connectivity index (χ3n) is 8.62. The van der Waals surface area contributed by atoms with E-state index in [9.17, 15) is 26.7 Å². The zero-order valence-electron chi connectivity index (χ0n) is 24.0. The van der Waals surface area contributed by atoms with E-state index in [1.54, 1.807) is 25.1 Å². The molecule has 0 spiro atoms. The zero-order chi connectivity index (χ0) is 31.2. The maximum absolute atomic E-state index is 14.0. The van der Waals surface area contributed by atoms with Crippen LogP contribution in [0.4, 0.5) is 22.0 Å². The maximum atomic E-state index is 14.0. The van der Waals surface area contributed by atoms with Gasteiger partial charge in [-0.25, -0.2) is 4.98 Å². The van der Waals surface area contributed by atoms with E-state index in [0.717, 1.165) is 0 Å². The summed E-state index contributed by atoms with van der Waals surface area (Å²) in [4.78, 5) is 18.5. The van der Waals surface area contributed by atoms with Crippen LogP contribution in [-0.4, -0.2) is 59.1 Å². The van der Waals surface area contributed by atoms with Crippen LogP contribution in [0.25, 0.3) is 0 Å². The van der Waals surface area contributed by atoms with Crippen LogP contribution in [-0.2, 0) is 22.1 Å². The summed E-state index contributed by atoms with van der Waals surface area (Å²) in [6.07, 6.45) is -5.69. The predicted molar refractivity (Wildman–Crippen MR) is 144 cm³/mol. The second-order valence-electron chi connectivity index (χ2n) is 11.4. The van der Waals surface area contributed by atoms with Gasteiger partial charge in [0.15, 0.2) is 17.2 Å². The number of piperidine rings is 1. The lowest BCUT2D eigenvalue weighted by Gasteiger charge is -2.36. The summed E-state index contributed by atoms with van der Waals surface area (Å²) < 4.78 is 89.2. The summed E-state index contributed by atoms with van der Waals surface area (Å²) in [5, 5.41) is 6.37. The number of hydrogen-bond donors (Lipinski definition) is 1. The minimum absolute atomic E-state index is 0.0805. The third-order valence-corrected chi connectivity index (χ3v) is 8.62. The molecule has 0 bridgehead atoms. The van der Waals surface area contributed by atoms with Gasteiger partial charge in [0.25, 0.3) is 0 Å². The highest BCUT2D eigenvalue weighted by Crippen LogP contribution is 2.47. The van der Waals surface area contributed by atoms with Crippen molar-refractivity contribution in [3.63, 3.8) is 0 Å². The molecule has 14 heteroatoms. The number of nitrogens with one attached hydrogen (secondary N) is 1. The molecule has 236 valence electrons. The van der Waals surface area contributed by atoms with Crippen molar-refractivity contribution in [3.05, 3.63) is 64.6 Å². The molecule has 9 nitrogen and oxygen atoms in total. The SMILES string of the molecule is COC(=O)C1CCN(CC2CC(c3cccnc3O[C@@H](C)c3ccc4c(c3)OC(F)(F)O4)Cc3c(C(F)(F)F)n[nH]c32)CC1. The van der Waals surface area contributed by atoms with Crippen molar-refractivity contribution in [3.8, 4) is 17.4 Å². The van der Waals surface area contributed by atoms with Crippen molar-refractivity contribution < 1.29 is 45.7 Å². The number of methoxy groups -OCH3 is 1. The van der Waals surface area contributed by atoms with E-state index in [4.69, 9.17) is 9.47 Å². The van der Waals surface area contributed by atoms with E-state index in [0.29, 0.717) is 55.7 Å². The van der Waals surface area contributed by atoms with Gasteiger partial charge in [-0.05, 0) is 75.4 Å². The maximum Gasteiger partial charge on any atom is 0.586 e. The number of likely N-dealkylation sites (tertiary alicyclic amines) is 1. The Morgan fingerprint density at radius 2 is 1.93 bits per heavy atom. The number of aromatic amines is 1. The summed E-state index contributed by atoms with van der Waals surface area (Å²) in [6, 6.07) is 7.83. The molecule has 0 saturated carbocycles. The van der Waals surface area contributed by atoms with Crippen LogP contribution in [0.2, 0.25) is 0 Å². The fourth-order valence-corrected chi connectivity index (χ4v) is 6.45. The molecule has 0 radical (unpaired) electrons. The van der Waals surface area contributed by atoms with Gasteiger partial charge in [-0.15, -0.1) is 8.78 Å². The highest BCUT2D eigenvalue weighted by Gasteiger charge is 2.44. The van der Waals surface area contributed by atoms with Crippen LogP contribution in [0, 0.1) is 5.92 Å². The molecule has 2 unspecified atom stereocenters. The van der Waals surface area contributed by atoms with Crippen molar-refractivity contribution in [1.29, 1.82) is 0 Å². The Bertz CT molecular complexity index is 1520. The first-order chi connectivity index (χ1) is 20.9. The van der Waals surface area contributed by atoms with Crippen molar-refractivity contribution in [2.45, 2.75) is 63.0 Å². The number of carbonyl (C=O) groups is 1. The Kier molecular flexibility index (Phi) is 7.89. The molecule has 3 atom stereocenters. The molecular formula is C30H31F5N4O5. The number of halogens is 5. The molecular weight excluding hydrogens is 591 g/mol. The molecule has 3 aromatic rings. The number of ether oxygens (including phenoxy) is 4. The highest BCUT2D eigenvalue weighted by atomic mass is 19.4. The van der Waals surface area contributed by atoms with E-state index in [2.05, 4.69) is 29.6 Å². The summed E-state index contributed by atoms with van der Waals surface area (Å²) >= 11 is 0. The number of aromatic nitrogens is 3. The minimum atomic E-state index is -4.63. The molecule has 3 aliphatic rings. The third kappa shape index (κ3) is 6.04. The topological polar surface area (TPSA) is 98.8 Å². The zero-order valence-corrected chi connectivity index (χ0v) is 24.0. The Labute approximate surface area is 249 Å². The van der Waals surface area contributed by atoms with Crippen LogP contribution in [0.5, 0.6) is 17.4 Å². The average Bonchev–Trinajstić information content (AvgIpc) is 3.56. The first kappa shape index (κ1) is 30.1. The molecule has 2 aliphatic heterocycles. The van der Waals surface area contributed by atoms with Gasteiger partial charge in [0.05, 0.1) is 13.0 Å². The van der Waals surface area contributed by atoms with Crippen LogP contribution in [0.1, 0.15) is 72.2 Å². The summed E-state index contributed by atoms with van der Waals surface area (Å²) in [7, 11) is 1.36. The fourth-order valence-electron chi connectivity index (χ4n) is 6.45. The molecule has 1 fully saturated rings. The Balaban J connectivity index is 1.24. The van der Waals surface area contributed by atoms with Crippen molar-refractivity contribution in [2.24, 2.45) is 5.92 Å². The first-order valence-electron chi connectivity index (χ1n) is 14.4. The smallest absolute Gasteiger partial charge is 0.470 e.